The van der Waals surface area contributed by atoms with E-state index < -0.39 is 95.4 Å². The van der Waals surface area contributed by atoms with Gasteiger partial charge in [-0.15, -0.1) is 0 Å². The van der Waals surface area contributed by atoms with Gasteiger partial charge in [0.15, 0.2) is 11.7 Å². The first-order valence-electron chi connectivity index (χ1n) is 17.0. The Morgan fingerprint density at radius 3 is 1.88 bits per heavy atom. The minimum atomic E-state index is -2.11. The van der Waals surface area contributed by atoms with Gasteiger partial charge in [0.05, 0.1) is 27.9 Å². The quantitative estimate of drug-likeness (QED) is 0.246. The molecule has 1 aromatic heterocycles. The Morgan fingerprint density at radius 2 is 1.33 bits per heavy atom. The number of benzene rings is 2. The summed E-state index contributed by atoms with van der Waals surface area (Å²) in [7, 11) is 0. The molecule has 2 heterocycles. The zero-order chi connectivity index (χ0) is 37.5. The van der Waals surface area contributed by atoms with Crippen molar-refractivity contribution in [3.8, 4) is 0 Å². The van der Waals surface area contributed by atoms with E-state index in [1.165, 1.54) is 31.5 Å². The predicted octanol–water partition coefficient (Wildman–Crippen LogP) is 4.26. The van der Waals surface area contributed by atoms with Crippen LogP contribution in [0.25, 0.3) is 0 Å². The number of nitrogens with zero attached hydrogens (tertiary/aromatic N) is 1. The Hall–Kier alpha value is -5.14. The maximum Gasteiger partial charge on any atom is 0.340 e. The molecule has 6 rings (SSSR count). The average molecular weight is 716 g/mol. The highest BCUT2D eigenvalue weighted by atomic mass is 16.6. The highest BCUT2D eigenvalue weighted by Crippen LogP contribution is 2.69. The van der Waals surface area contributed by atoms with Crippen LogP contribution in [0.4, 0.5) is 0 Å². The van der Waals surface area contributed by atoms with Crippen LogP contribution in [0, 0.1) is 11.3 Å². The van der Waals surface area contributed by atoms with Gasteiger partial charge in [0.25, 0.3) is 0 Å². The van der Waals surface area contributed by atoms with Gasteiger partial charge in [-0.1, -0.05) is 36.4 Å². The molecule has 2 bridgehead atoms. The number of carbonyl (C=O) groups is 5. The first-order chi connectivity index (χ1) is 24.6. The summed E-state index contributed by atoms with van der Waals surface area (Å²) in [5, 5.41) is 12.9. The second kappa shape index (κ2) is 13.8. The second-order valence-corrected chi connectivity index (χ2v) is 14.2. The van der Waals surface area contributed by atoms with Gasteiger partial charge in [0, 0.05) is 38.6 Å². The van der Waals surface area contributed by atoms with Gasteiger partial charge in [0.1, 0.15) is 30.3 Å². The lowest BCUT2D eigenvalue weighted by Gasteiger charge is -2.65. The van der Waals surface area contributed by atoms with E-state index in [0.29, 0.717) is 0 Å². The molecule has 2 aromatic carbocycles. The third kappa shape index (κ3) is 6.21. The molecule has 1 aliphatic heterocycles. The number of esters is 5. The number of aliphatic hydroxyl groups is 1. The van der Waals surface area contributed by atoms with Gasteiger partial charge in [-0.05, 0) is 63.6 Å². The molecule has 13 nitrogen and oxygen atoms in total. The van der Waals surface area contributed by atoms with Crippen LogP contribution in [-0.4, -0.2) is 87.8 Å². The predicted molar refractivity (Wildman–Crippen MR) is 181 cm³/mol. The fourth-order valence-corrected chi connectivity index (χ4v) is 8.44. The van der Waals surface area contributed by atoms with Crippen molar-refractivity contribution in [1.82, 2.24) is 4.98 Å². The third-order valence-electron chi connectivity index (χ3n) is 10.5. The van der Waals surface area contributed by atoms with Crippen LogP contribution in [0.1, 0.15) is 78.5 Å². The van der Waals surface area contributed by atoms with Crippen LogP contribution in [0.2, 0.25) is 0 Å². The van der Waals surface area contributed by atoms with Crippen molar-refractivity contribution in [3.05, 3.63) is 102 Å². The highest BCUT2D eigenvalue weighted by molar-refractivity contribution is 5.90. The zero-order valence-corrected chi connectivity index (χ0v) is 29.5. The average Bonchev–Trinajstić information content (AvgIpc) is 3.28. The Morgan fingerprint density at radius 1 is 0.750 bits per heavy atom. The Bertz CT molecular complexity index is 1830. The van der Waals surface area contributed by atoms with E-state index in [4.69, 9.17) is 28.4 Å². The number of aromatic nitrogens is 1. The molecule has 3 aliphatic rings. The van der Waals surface area contributed by atoms with E-state index in [1.807, 2.05) is 0 Å². The number of rotatable bonds is 9. The summed E-state index contributed by atoms with van der Waals surface area (Å²) in [4.78, 5) is 71.2. The largest absolute Gasteiger partial charge is 0.465 e. The monoisotopic (exact) mass is 715 g/mol. The fraction of sp³-hybridized carbons (Fsp3) is 0.436. The SMILES string of the molecule is CC(=O)OC[C@]12[C@@H](OC(=O)c3ccccc3)C[C@@H]3[C@@H](OC(=O)c4ccccc4)[C@]1(OC3(C)C)[C@@](C)(O)C[C@H](OC(=O)c1cccnc1)[C@@H]2OC(C)=O. The van der Waals surface area contributed by atoms with Crippen LogP contribution in [0.3, 0.4) is 0 Å². The van der Waals surface area contributed by atoms with E-state index in [9.17, 15) is 29.1 Å². The molecule has 0 amide bonds. The first kappa shape index (κ1) is 36.6. The standard InChI is InChI=1S/C39H41NO12/c1-23(41)47-22-38-30(50-33(43)25-13-8-6-9-14-25)19-28-31(51-34(44)26-15-10-7-11-16-26)39(38,52-36(28,3)4)37(5,46)20-29(32(38)48-24(2)42)49-35(45)27-17-12-18-40-21-27/h6-18,21,28-32,46H,19-20,22H2,1-5H3/t28-,29+,30+,31-,32+,37+,38-,39+/m1/s1. The second-order valence-electron chi connectivity index (χ2n) is 14.2. The lowest BCUT2D eigenvalue weighted by Crippen LogP contribution is -2.83. The van der Waals surface area contributed by atoms with Crippen molar-refractivity contribution >= 4 is 29.8 Å². The Balaban J connectivity index is 1.59. The van der Waals surface area contributed by atoms with E-state index in [1.54, 1.807) is 74.5 Å². The van der Waals surface area contributed by atoms with E-state index in [0.717, 1.165) is 13.8 Å². The lowest BCUT2D eigenvalue weighted by molar-refractivity contribution is -0.353. The summed E-state index contributed by atoms with van der Waals surface area (Å²) in [6, 6.07) is 19.4. The third-order valence-corrected chi connectivity index (χ3v) is 10.5. The van der Waals surface area contributed by atoms with E-state index >= 15 is 0 Å². The smallest absolute Gasteiger partial charge is 0.340 e. The van der Waals surface area contributed by atoms with Gasteiger partial charge >= 0.3 is 29.8 Å². The molecule has 2 aliphatic carbocycles. The summed E-state index contributed by atoms with van der Waals surface area (Å²) in [6.45, 7) is 6.55. The van der Waals surface area contributed by atoms with Crippen molar-refractivity contribution in [2.45, 2.75) is 88.7 Å². The molecule has 2 saturated carbocycles. The molecular weight excluding hydrogens is 674 g/mol. The summed E-state index contributed by atoms with van der Waals surface area (Å²) in [6.07, 6.45) is -3.36. The van der Waals surface area contributed by atoms with Crippen LogP contribution >= 0.6 is 0 Å². The Labute approximate surface area is 300 Å². The lowest BCUT2D eigenvalue weighted by atomic mass is 9.46. The first-order valence-corrected chi connectivity index (χ1v) is 17.0. The maximum absolute atomic E-state index is 13.9. The molecule has 13 heteroatoms. The number of ether oxygens (including phenoxy) is 6. The summed E-state index contributed by atoms with van der Waals surface area (Å²) in [5.74, 6) is -4.66. The van der Waals surface area contributed by atoms with Gasteiger partial charge in [-0.2, -0.15) is 0 Å². The molecule has 3 aromatic rings. The molecule has 3 fully saturated rings. The van der Waals surface area contributed by atoms with E-state index in [2.05, 4.69) is 4.98 Å². The van der Waals surface area contributed by atoms with Crippen molar-refractivity contribution in [1.29, 1.82) is 0 Å². The number of hydrogen-bond acceptors (Lipinski definition) is 13. The summed E-state index contributed by atoms with van der Waals surface area (Å²) < 4.78 is 37.5. The van der Waals surface area contributed by atoms with Crippen LogP contribution in [0.5, 0.6) is 0 Å². The molecule has 0 radical (unpaired) electrons. The van der Waals surface area contributed by atoms with Gasteiger partial charge < -0.3 is 33.5 Å². The number of pyridine rings is 1. The summed E-state index contributed by atoms with van der Waals surface area (Å²) in [5.41, 5.74) is -6.96. The minimum Gasteiger partial charge on any atom is -0.465 e. The minimum absolute atomic E-state index is 0.0710. The van der Waals surface area contributed by atoms with Gasteiger partial charge in [0.2, 0.25) is 0 Å². The van der Waals surface area contributed by atoms with Crippen molar-refractivity contribution in [3.63, 3.8) is 0 Å². The maximum atomic E-state index is 13.9. The van der Waals surface area contributed by atoms with Crippen LogP contribution in [-0.2, 0) is 38.0 Å². The van der Waals surface area contributed by atoms with Gasteiger partial charge in [-0.25, -0.2) is 14.4 Å². The van der Waals surface area contributed by atoms with Crippen LogP contribution < -0.4 is 0 Å². The highest BCUT2D eigenvalue weighted by Gasteiger charge is 2.86. The molecular formula is C39H41NO12. The molecule has 274 valence electrons. The van der Waals surface area contributed by atoms with E-state index in [-0.39, 0.29) is 23.1 Å². The molecule has 0 unspecified atom stereocenters. The molecule has 1 N–H and O–H groups in total. The molecule has 8 atom stereocenters. The number of carbonyl (C=O) groups excluding carboxylic acids is 5. The normalized spacial score (nSPS) is 31.3. The molecule has 52 heavy (non-hydrogen) atoms. The van der Waals surface area contributed by atoms with Crippen molar-refractivity contribution < 1.29 is 57.5 Å². The zero-order valence-electron chi connectivity index (χ0n) is 29.5. The van der Waals surface area contributed by atoms with Gasteiger partial charge in [-0.3, -0.25) is 14.6 Å². The van der Waals surface area contributed by atoms with Crippen molar-refractivity contribution in [2.24, 2.45) is 11.3 Å². The molecule has 1 spiro atoms. The van der Waals surface area contributed by atoms with Crippen LogP contribution in [0.15, 0.2) is 85.2 Å². The summed E-state index contributed by atoms with van der Waals surface area (Å²) >= 11 is 0. The molecule has 1 saturated heterocycles. The van der Waals surface area contributed by atoms with Crippen molar-refractivity contribution in [2.75, 3.05) is 6.61 Å². The fourth-order valence-electron chi connectivity index (χ4n) is 8.44. The number of hydrogen-bond donors (Lipinski definition) is 1. The number of fused-ring (bicyclic) bond motifs is 1. The topological polar surface area (TPSA) is 174 Å². The Kier molecular flexibility index (Phi) is 9.71.